The lowest BCUT2D eigenvalue weighted by atomic mass is 10.0. The normalized spacial score (nSPS) is 18.0. The molecule has 6 nitrogen and oxygen atoms in total. The maximum atomic E-state index is 12.4. The minimum Gasteiger partial charge on any atom is -0.345 e. The molecule has 25 heavy (non-hydrogen) atoms. The number of carbonyl (C=O) groups is 1. The third-order valence-corrected chi connectivity index (χ3v) is 5.15. The maximum absolute atomic E-state index is 12.4. The van der Waals surface area contributed by atoms with Crippen LogP contribution in [0.3, 0.4) is 0 Å². The number of carbonyl (C=O) groups excluding carboxylic acids is 1. The van der Waals surface area contributed by atoms with E-state index in [1.807, 2.05) is 26.1 Å². The van der Waals surface area contributed by atoms with Gasteiger partial charge in [-0.3, -0.25) is 9.69 Å². The van der Waals surface area contributed by atoms with Crippen LogP contribution in [0.2, 0.25) is 0 Å². The van der Waals surface area contributed by atoms with Crippen molar-refractivity contribution >= 4 is 16.9 Å². The van der Waals surface area contributed by atoms with Crippen LogP contribution in [0.4, 0.5) is 0 Å². The van der Waals surface area contributed by atoms with Crippen LogP contribution in [-0.4, -0.2) is 65.4 Å². The Labute approximate surface area is 149 Å². The molecule has 2 aromatic rings. The summed E-state index contributed by atoms with van der Waals surface area (Å²) in [7, 11) is 4.20. The highest BCUT2D eigenvalue weighted by Crippen LogP contribution is 2.18. The molecule has 1 amide bonds. The number of nitrogens with zero attached hydrogens (tertiary/aromatic N) is 3. The molecule has 6 heteroatoms. The molecule has 0 spiro atoms. The number of benzene rings is 1. The van der Waals surface area contributed by atoms with Gasteiger partial charge in [-0.2, -0.15) is 0 Å². The number of aryl methyl sites for hydroxylation is 1. The summed E-state index contributed by atoms with van der Waals surface area (Å²) in [6, 6.07) is 6.49. The summed E-state index contributed by atoms with van der Waals surface area (Å²) in [4.78, 5) is 24.8. The number of imidazole rings is 1. The summed E-state index contributed by atoms with van der Waals surface area (Å²) in [5.74, 6) is 0.849. The number of nitrogens with one attached hydrogen (secondary N) is 2. The summed E-state index contributed by atoms with van der Waals surface area (Å²) in [5, 5.41) is 3.07. The molecule has 3 rings (SSSR count). The monoisotopic (exact) mass is 343 g/mol. The molecule has 1 aromatic carbocycles. The van der Waals surface area contributed by atoms with Crippen LogP contribution in [0.25, 0.3) is 11.0 Å². The Hall–Kier alpha value is -1.92. The first kappa shape index (κ1) is 17.9. The van der Waals surface area contributed by atoms with Crippen molar-refractivity contribution in [3.05, 3.63) is 29.6 Å². The van der Waals surface area contributed by atoms with Gasteiger partial charge in [0, 0.05) is 6.04 Å². The minimum absolute atomic E-state index is 0.0468. The first-order valence-corrected chi connectivity index (χ1v) is 9.07. The van der Waals surface area contributed by atoms with Crippen molar-refractivity contribution in [1.29, 1.82) is 0 Å². The first-order chi connectivity index (χ1) is 11.9. The Morgan fingerprint density at radius 3 is 2.88 bits per heavy atom. The number of likely N-dealkylation sites (N-methyl/N-ethyl adjacent to an activating group) is 1. The SMILES string of the molecule is Cc1ccc2nc([C@@H](C)NC(=O)CN(C)C3CCN(C)CC3)[nH]c2c1. The summed E-state index contributed by atoms with van der Waals surface area (Å²) in [6.07, 6.45) is 2.25. The van der Waals surface area contributed by atoms with E-state index in [9.17, 15) is 4.79 Å². The fourth-order valence-electron chi connectivity index (χ4n) is 3.50. The molecule has 2 N–H and O–H groups in total. The van der Waals surface area contributed by atoms with Gasteiger partial charge in [0.1, 0.15) is 5.82 Å². The molecule has 136 valence electrons. The van der Waals surface area contributed by atoms with Crippen LogP contribution in [-0.2, 0) is 4.79 Å². The number of aromatic amines is 1. The zero-order valence-corrected chi connectivity index (χ0v) is 15.7. The zero-order valence-electron chi connectivity index (χ0n) is 15.7. The van der Waals surface area contributed by atoms with Gasteiger partial charge in [-0.05, 0) is 71.6 Å². The number of aromatic nitrogens is 2. The van der Waals surface area contributed by atoms with Crippen molar-refractivity contribution < 1.29 is 4.79 Å². The van der Waals surface area contributed by atoms with Gasteiger partial charge in [0.05, 0.1) is 23.6 Å². The van der Waals surface area contributed by atoms with E-state index in [4.69, 9.17) is 0 Å². The van der Waals surface area contributed by atoms with E-state index in [1.54, 1.807) is 0 Å². The van der Waals surface area contributed by atoms with Crippen LogP contribution in [0.15, 0.2) is 18.2 Å². The third kappa shape index (κ3) is 4.38. The number of amides is 1. The molecule has 1 aliphatic rings. The van der Waals surface area contributed by atoms with Crippen molar-refractivity contribution in [2.24, 2.45) is 0 Å². The quantitative estimate of drug-likeness (QED) is 0.872. The van der Waals surface area contributed by atoms with E-state index < -0.39 is 0 Å². The predicted molar refractivity (Wildman–Crippen MR) is 101 cm³/mol. The molecule has 0 aliphatic carbocycles. The Kier molecular flexibility index (Phi) is 5.39. The number of piperidine rings is 1. The van der Waals surface area contributed by atoms with E-state index in [0.717, 1.165) is 42.8 Å². The Bertz CT molecular complexity index is 732. The van der Waals surface area contributed by atoms with Gasteiger partial charge in [-0.15, -0.1) is 0 Å². The van der Waals surface area contributed by atoms with Gasteiger partial charge >= 0.3 is 0 Å². The van der Waals surface area contributed by atoms with Gasteiger partial charge < -0.3 is 15.2 Å². The Morgan fingerprint density at radius 1 is 1.44 bits per heavy atom. The van der Waals surface area contributed by atoms with Crippen LogP contribution in [0.5, 0.6) is 0 Å². The van der Waals surface area contributed by atoms with Crippen LogP contribution >= 0.6 is 0 Å². The van der Waals surface area contributed by atoms with Gasteiger partial charge in [0.15, 0.2) is 0 Å². The molecule has 1 fully saturated rings. The fourth-order valence-corrected chi connectivity index (χ4v) is 3.50. The molecule has 0 saturated carbocycles. The van der Waals surface area contributed by atoms with Crippen molar-refractivity contribution in [3.63, 3.8) is 0 Å². The van der Waals surface area contributed by atoms with E-state index in [1.165, 1.54) is 5.56 Å². The van der Waals surface area contributed by atoms with Gasteiger partial charge in [0.25, 0.3) is 0 Å². The van der Waals surface area contributed by atoms with Crippen molar-refractivity contribution in [2.75, 3.05) is 33.7 Å². The molecule has 2 heterocycles. The van der Waals surface area contributed by atoms with Crippen LogP contribution in [0.1, 0.15) is 37.2 Å². The number of fused-ring (bicyclic) bond motifs is 1. The Balaban J connectivity index is 1.56. The van der Waals surface area contributed by atoms with E-state index in [0.29, 0.717) is 12.6 Å². The summed E-state index contributed by atoms with van der Waals surface area (Å²) in [5.41, 5.74) is 3.14. The highest BCUT2D eigenvalue weighted by atomic mass is 16.2. The molecule has 0 radical (unpaired) electrons. The number of hydrogen-bond acceptors (Lipinski definition) is 4. The average Bonchev–Trinajstić information content (AvgIpc) is 2.98. The van der Waals surface area contributed by atoms with E-state index >= 15 is 0 Å². The highest BCUT2D eigenvalue weighted by molar-refractivity contribution is 5.79. The van der Waals surface area contributed by atoms with E-state index in [-0.39, 0.29) is 11.9 Å². The molecule has 1 atom stereocenters. The summed E-state index contributed by atoms with van der Waals surface area (Å²) < 4.78 is 0. The second kappa shape index (κ2) is 7.54. The molecule has 1 aromatic heterocycles. The largest absolute Gasteiger partial charge is 0.345 e. The summed E-state index contributed by atoms with van der Waals surface area (Å²) >= 11 is 0. The molecule has 1 saturated heterocycles. The third-order valence-electron chi connectivity index (χ3n) is 5.15. The lowest BCUT2D eigenvalue weighted by Gasteiger charge is -2.34. The average molecular weight is 343 g/mol. The zero-order chi connectivity index (χ0) is 18.0. The van der Waals surface area contributed by atoms with Crippen molar-refractivity contribution in [1.82, 2.24) is 25.1 Å². The second-order valence-electron chi connectivity index (χ2n) is 7.38. The molecule has 0 unspecified atom stereocenters. The lowest BCUT2D eigenvalue weighted by Crippen LogP contribution is -2.46. The first-order valence-electron chi connectivity index (χ1n) is 9.07. The molecular weight excluding hydrogens is 314 g/mol. The van der Waals surface area contributed by atoms with E-state index in [2.05, 4.69) is 45.1 Å². The second-order valence-corrected chi connectivity index (χ2v) is 7.38. The highest BCUT2D eigenvalue weighted by Gasteiger charge is 2.23. The van der Waals surface area contributed by atoms with Crippen LogP contribution in [0, 0.1) is 6.92 Å². The number of hydrogen-bond donors (Lipinski definition) is 2. The van der Waals surface area contributed by atoms with Gasteiger partial charge in [0.2, 0.25) is 5.91 Å². The topological polar surface area (TPSA) is 64.3 Å². The van der Waals surface area contributed by atoms with Crippen molar-refractivity contribution in [2.45, 2.75) is 38.8 Å². The number of likely N-dealkylation sites (tertiary alicyclic amines) is 1. The van der Waals surface area contributed by atoms with Gasteiger partial charge in [-0.25, -0.2) is 4.98 Å². The smallest absolute Gasteiger partial charge is 0.234 e. The minimum atomic E-state index is -0.133. The van der Waals surface area contributed by atoms with Crippen LogP contribution < -0.4 is 5.32 Å². The van der Waals surface area contributed by atoms with Gasteiger partial charge in [-0.1, -0.05) is 6.07 Å². The fraction of sp³-hybridized carbons (Fsp3) is 0.579. The predicted octanol–water partition coefficient (Wildman–Crippen LogP) is 2.07. The number of H-pyrrole nitrogens is 1. The number of rotatable bonds is 5. The molecular formula is C19H29N5O. The maximum Gasteiger partial charge on any atom is 0.234 e. The summed E-state index contributed by atoms with van der Waals surface area (Å²) in [6.45, 7) is 6.66. The molecule has 0 bridgehead atoms. The Morgan fingerprint density at radius 2 is 2.16 bits per heavy atom. The molecule has 1 aliphatic heterocycles. The standard InChI is InChI=1S/C19H29N5O/c1-13-5-6-16-17(11-13)22-19(21-16)14(2)20-18(25)12-24(4)15-7-9-23(3)10-8-15/h5-6,11,14-15H,7-10,12H2,1-4H3,(H,20,25)(H,21,22)/t14-/m1/s1. The lowest BCUT2D eigenvalue weighted by molar-refractivity contribution is -0.123. The van der Waals surface area contributed by atoms with Crippen molar-refractivity contribution in [3.8, 4) is 0 Å².